The number of halogens is 2. The summed E-state index contributed by atoms with van der Waals surface area (Å²) in [6, 6.07) is 4.36. The quantitative estimate of drug-likeness (QED) is 0.561. The molecular formula is C22H26F2N6O2. The van der Waals surface area contributed by atoms with Crippen LogP contribution >= 0.6 is 0 Å². The molecule has 1 aromatic carbocycles. The van der Waals surface area contributed by atoms with E-state index in [9.17, 15) is 13.6 Å². The van der Waals surface area contributed by atoms with E-state index in [1.165, 1.54) is 10.6 Å². The van der Waals surface area contributed by atoms with Gasteiger partial charge in [0.2, 0.25) is 5.95 Å². The maximum absolute atomic E-state index is 13.9. The van der Waals surface area contributed by atoms with Crippen LogP contribution in [0.3, 0.4) is 0 Å². The van der Waals surface area contributed by atoms with Gasteiger partial charge in [0, 0.05) is 57.4 Å². The van der Waals surface area contributed by atoms with E-state index in [0.29, 0.717) is 23.0 Å². The monoisotopic (exact) mass is 444 g/mol. The van der Waals surface area contributed by atoms with Crippen LogP contribution in [0, 0.1) is 11.6 Å². The van der Waals surface area contributed by atoms with Crippen LogP contribution in [-0.4, -0.2) is 70.7 Å². The van der Waals surface area contributed by atoms with Gasteiger partial charge in [0.25, 0.3) is 5.56 Å². The van der Waals surface area contributed by atoms with Gasteiger partial charge in [-0.05, 0) is 38.2 Å². The lowest BCUT2D eigenvalue weighted by molar-refractivity contribution is 0.154. The molecule has 1 aliphatic rings. The Kier molecular flexibility index (Phi) is 6.61. The number of likely N-dealkylation sites (N-methyl/N-ethyl adjacent to an activating group) is 1. The third kappa shape index (κ3) is 5.03. The van der Waals surface area contributed by atoms with Gasteiger partial charge in [0.15, 0.2) is 17.3 Å². The molecule has 10 heteroatoms. The van der Waals surface area contributed by atoms with Crippen molar-refractivity contribution in [1.82, 2.24) is 24.3 Å². The molecule has 3 aromatic rings. The Morgan fingerprint density at radius 3 is 2.62 bits per heavy atom. The van der Waals surface area contributed by atoms with E-state index < -0.39 is 17.2 Å². The van der Waals surface area contributed by atoms with Gasteiger partial charge in [0.05, 0.1) is 0 Å². The predicted octanol–water partition coefficient (Wildman–Crippen LogP) is 2.45. The molecule has 0 atom stereocenters. The Hall–Kier alpha value is -3.11. The molecule has 0 aliphatic carbocycles. The number of nitrogens with one attached hydrogen (secondary N) is 1. The molecule has 1 N–H and O–H groups in total. The lowest BCUT2D eigenvalue weighted by Gasteiger charge is -2.32. The zero-order valence-corrected chi connectivity index (χ0v) is 18.1. The Morgan fingerprint density at radius 2 is 1.88 bits per heavy atom. The van der Waals surface area contributed by atoms with E-state index in [1.807, 2.05) is 0 Å². The minimum Gasteiger partial charge on any atom is -0.448 e. The Morgan fingerprint density at radius 1 is 1.09 bits per heavy atom. The van der Waals surface area contributed by atoms with Crippen molar-refractivity contribution in [3.05, 3.63) is 52.5 Å². The number of nitrogens with zero attached hydrogens (tertiary/aromatic N) is 5. The van der Waals surface area contributed by atoms with Gasteiger partial charge in [0.1, 0.15) is 11.5 Å². The first-order chi connectivity index (χ1) is 15.4. The average molecular weight is 444 g/mol. The van der Waals surface area contributed by atoms with Gasteiger partial charge in [-0.25, -0.2) is 13.8 Å². The van der Waals surface area contributed by atoms with Crippen LogP contribution in [0.1, 0.15) is 6.42 Å². The van der Waals surface area contributed by atoms with Gasteiger partial charge < -0.3 is 19.9 Å². The van der Waals surface area contributed by atoms with Crippen LogP contribution in [-0.2, 0) is 7.05 Å². The van der Waals surface area contributed by atoms with Gasteiger partial charge in [-0.2, -0.15) is 4.98 Å². The molecule has 1 fully saturated rings. The zero-order chi connectivity index (χ0) is 22.7. The molecule has 1 saturated heterocycles. The van der Waals surface area contributed by atoms with Gasteiger partial charge in [-0.1, -0.05) is 0 Å². The lowest BCUT2D eigenvalue weighted by atomic mass is 10.3. The molecule has 32 heavy (non-hydrogen) atoms. The number of fused-ring (bicyclic) bond motifs is 1. The van der Waals surface area contributed by atoms with Crippen LogP contribution in [0.15, 0.2) is 35.3 Å². The summed E-state index contributed by atoms with van der Waals surface area (Å²) in [6.07, 6.45) is 2.54. The topological polar surface area (TPSA) is 75.5 Å². The number of piperazine rings is 1. The molecule has 0 bridgehead atoms. The van der Waals surface area contributed by atoms with Crippen molar-refractivity contribution in [3.63, 3.8) is 0 Å². The molecule has 1 aliphatic heterocycles. The summed E-state index contributed by atoms with van der Waals surface area (Å²) >= 11 is 0. The van der Waals surface area contributed by atoms with E-state index in [4.69, 9.17) is 4.74 Å². The third-order valence-corrected chi connectivity index (χ3v) is 5.56. The van der Waals surface area contributed by atoms with Crippen LogP contribution in [0.4, 0.5) is 14.7 Å². The van der Waals surface area contributed by atoms with E-state index in [0.717, 1.165) is 57.8 Å². The van der Waals surface area contributed by atoms with E-state index in [1.54, 1.807) is 13.2 Å². The van der Waals surface area contributed by atoms with Crippen molar-refractivity contribution in [3.8, 4) is 11.5 Å². The Balaban J connectivity index is 1.43. The zero-order valence-electron chi connectivity index (χ0n) is 18.1. The molecule has 0 amide bonds. The molecule has 0 spiro atoms. The number of ether oxygens (including phenoxy) is 1. The molecule has 4 rings (SSSR count). The number of hydrogen-bond donors (Lipinski definition) is 1. The smallest absolute Gasteiger partial charge is 0.294 e. The van der Waals surface area contributed by atoms with Crippen molar-refractivity contribution < 1.29 is 13.5 Å². The molecule has 0 unspecified atom stereocenters. The minimum absolute atomic E-state index is 0.0954. The Bertz CT molecular complexity index is 1160. The second-order valence-electron chi connectivity index (χ2n) is 7.95. The lowest BCUT2D eigenvalue weighted by Crippen LogP contribution is -2.44. The van der Waals surface area contributed by atoms with Gasteiger partial charge >= 0.3 is 0 Å². The number of anilines is 1. The van der Waals surface area contributed by atoms with Crippen molar-refractivity contribution in [1.29, 1.82) is 0 Å². The first-order valence-electron chi connectivity index (χ1n) is 10.5. The largest absolute Gasteiger partial charge is 0.448 e. The average Bonchev–Trinajstić information content (AvgIpc) is 2.78. The first kappa shape index (κ1) is 22.1. The van der Waals surface area contributed by atoms with Gasteiger partial charge in [-0.3, -0.25) is 9.36 Å². The molecular weight excluding hydrogens is 418 g/mol. The van der Waals surface area contributed by atoms with Crippen LogP contribution in [0.5, 0.6) is 11.5 Å². The molecule has 0 radical (unpaired) electrons. The van der Waals surface area contributed by atoms with E-state index >= 15 is 0 Å². The number of benzene rings is 1. The number of aromatic nitrogens is 3. The van der Waals surface area contributed by atoms with Crippen molar-refractivity contribution in [2.75, 3.05) is 51.6 Å². The number of hydrogen-bond acceptors (Lipinski definition) is 7. The minimum atomic E-state index is -0.889. The van der Waals surface area contributed by atoms with E-state index in [-0.39, 0.29) is 11.5 Å². The standard InChI is InChI=1S/C22H26F2N6O2/c1-28-8-10-30(11-9-28)7-3-6-25-22-26-14-15-12-19(21(31)29(2)20(15)27-22)32-18-5-4-16(23)13-17(18)24/h4-5,12-14H,3,6-11H2,1-2H3,(H,25,26,27). The summed E-state index contributed by atoms with van der Waals surface area (Å²) in [5, 5.41) is 3.77. The SMILES string of the molecule is CN1CCN(CCCNc2ncc3cc(Oc4ccc(F)cc4F)c(=O)n(C)c3n2)CC1. The Labute approximate surface area is 184 Å². The van der Waals surface area contributed by atoms with Crippen molar-refractivity contribution in [2.24, 2.45) is 7.05 Å². The molecule has 2 aromatic heterocycles. The summed E-state index contributed by atoms with van der Waals surface area (Å²) in [4.78, 5) is 26.2. The number of pyridine rings is 1. The van der Waals surface area contributed by atoms with Crippen molar-refractivity contribution in [2.45, 2.75) is 6.42 Å². The molecule has 3 heterocycles. The molecule has 170 valence electrons. The molecule has 0 saturated carbocycles. The first-order valence-corrected chi connectivity index (χ1v) is 10.5. The second kappa shape index (κ2) is 9.58. The number of aryl methyl sites for hydroxylation is 1. The fraction of sp³-hybridized carbons (Fsp3) is 0.409. The molecule has 8 nitrogen and oxygen atoms in total. The van der Waals surface area contributed by atoms with Gasteiger partial charge in [-0.15, -0.1) is 0 Å². The summed E-state index contributed by atoms with van der Waals surface area (Å²) in [5.74, 6) is -1.51. The highest BCUT2D eigenvalue weighted by molar-refractivity contribution is 5.76. The highest BCUT2D eigenvalue weighted by atomic mass is 19.1. The maximum atomic E-state index is 13.9. The van der Waals surface area contributed by atoms with Crippen LogP contribution in [0.2, 0.25) is 0 Å². The number of rotatable bonds is 7. The van der Waals surface area contributed by atoms with Crippen LogP contribution in [0.25, 0.3) is 11.0 Å². The highest BCUT2D eigenvalue weighted by Crippen LogP contribution is 2.24. The van der Waals surface area contributed by atoms with E-state index in [2.05, 4.69) is 32.1 Å². The van der Waals surface area contributed by atoms with Crippen LogP contribution < -0.4 is 15.6 Å². The fourth-order valence-electron chi connectivity index (χ4n) is 3.63. The maximum Gasteiger partial charge on any atom is 0.294 e. The summed E-state index contributed by atoms with van der Waals surface area (Å²) < 4.78 is 33.7. The summed E-state index contributed by atoms with van der Waals surface area (Å²) in [6.45, 7) is 6.07. The fourth-order valence-corrected chi connectivity index (χ4v) is 3.63. The predicted molar refractivity (Wildman–Crippen MR) is 118 cm³/mol. The highest BCUT2D eigenvalue weighted by Gasteiger charge is 2.15. The summed E-state index contributed by atoms with van der Waals surface area (Å²) in [7, 11) is 3.70. The third-order valence-electron chi connectivity index (χ3n) is 5.56. The normalized spacial score (nSPS) is 15.2. The second-order valence-corrected chi connectivity index (χ2v) is 7.95. The van der Waals surface area contributed by atoms with Crippen molar-refractivity contribution >= 4 is 17.0 Å². The summed E-state index contributed by atoms with van der Waals surface area (Å²) in [5.41, 5.74) is -0.0561.